The van der Waals surface area contributed by atoms with Crippen molar-refractivity contribution in [2.75, 3.05) is 12.0 Å². The first-order valence-electron chi connectivity index (χ1n) is 3.24. The number of Topliss-reactive ketones (excluding diaryl/α,β-unsaturated/α-hetero) is 1. The van der Waals surface area contributed by atoms with Crippen molar-refractivity contribution in [2.45, 2.75) is 19.2 Å². The van der Waals surface area contributed by atoms with Gasteiger partial charge >= 0.3 is 0 Å². The Morgan fingerprint density at radius 2 is 2.33 bits per heavy atom. The Labute approximate surface area is 62.0 Å². The van der Waals surface area contributed by atoms with Crippen LogP contribution in [0.15, 0.2) is 0 Å². The first-order chi connectivity index (χ1) is 4.22. The summed E-state index contributed by atoms with van der Waals surface area (Å²) in [6, 6.07) is 0. The molecule has 0 aromatic heterocycles. The summed E-state index contributed by atoms with van der Waals surface area (Å²) in [7, 11) is 1.99. The Balaban J connectivity index is 3.45. The molecule has 0 aromatic rings. The molecule has 52 valence electrons. The van der Waals surface area contributed by atoms with E-state index in [4.69, 9.17) is 0 Å². The van der Waals surface area contributed by atoms with Gasteiger partial charge in [-0.1, -0.05) is 6.92 Å². The maximum Gasteiger partial charge on any atom is 0.128 e. The summed E-state index contributed by atoms with van der Waals surface area (Å²) in [6.45, 7) is 1.92. The molecule has 0 radical (unpaired) electrons. The molecule has 0 aliphatic rings. The summed E-state index contributed by atoms with van der Waals surface area (Å²) < 4.78 is 0. The lowest BCUT2D eigenvalue weighted by atomic mass is 9.84. The van der Waals surface area contributed by atoms with Crippen molar-refractivity contribution in [3.05, 3.63) is 0 Å². The Morgan fingerprint density at radius 3 is 2.67 bits per heavy atom. The lowest BCUT2D eigenvalue weighted by Gasteiger charge is -2.04. The van der Waals surface area contributed by atoms with Gasteiger partial charge in [0.2, 0.25) is 0 Å². The van der Waals surface area contributed by atoms with Crippen LogP contribution in [0.4, 0.5) is 0 Å². The lowest BCUT2D eigenvalue weighted by Crippen LogP contribution is -2.08. The van der Waals surface area contributed by atoms with Crippen LogP contribution in [0, 0.1) is 0 Å². The number of carbonyl (C=O) groups is 1. The zero-order valence-corrected chi connectivity index (χ0v) is 7.12. The maximum absolute atomic E-state index is 10.9. The minimum atomic E-state index is 0.255. The third kappa shape index (κ3) is 3.63. The molecule has 1 atom stereocenters. The summed E-state index contributed by atoms with van der Waals surface area (Å²) in [5.74, 6) is 1.60. The van der Waals surface area contributed by atoms with Gasteiger partial charge in [-0.05, 0) is 17.8 Å². The van der Waals surface area contributed by atoms with E-state index >= 15 is 0 Å². The zero-order valence-electron chi connectivity index (χ0n) is 6.31. The molecule has 0 rings (SSSR count). The molecule has 0 bridgehead atoms. The van der Waals surface area contributed by atoms with Gasteiger partial charge in [0.15, 0.2) is 0 Å². The normalized spacial score (nSPS) is 13.1. The van der Waals surface area contributed by atoms with Crippen LogP contribution in [0.25, 0.3) is 0 Å². The SMILES string of the molecule is BC(CSC)C(=O)CC. The first-order valence-corrected chi connectivity index (χ1v) is 4.63. The molecule has 0 N–H and O–H groups in total. The Morgan fingerprint density at radius 1 is 1.78 bits per heavy atom. The number of hydrogen-bond donors (Lipinski definition) is 0. The van der Waals surface area contributed by atoms with Crippen molar-refractivity contribution in [1.82, 2.24) is 0 Å². The summed E-state index contributed by atoms with van der Waals surface area (Å²) in [5, 5.41) is 0. The van der Waals surface area contributed by atoms with E-state index in [1.165, 1.54) is 0 Å². The second-order valence-corrected chi connectivity index (χ2v) is 3.09. The highest BCUT2D eigenvalue weighted by molar-refractivity contribution is 7.98. The topological polar surface area (TPSA) is 17.1 Å². The van der Waals surface area contributed by atoms with Gasteiger partial charge < -0.3 is 4.79 Å². The molecule has 0 saturated carbocycles. The minimum Gasteiger partial charge on any atom is -0.300 e. The van der Waals surface area contributed by atoms with E-state index in [0.717, 1.165) is 5.75 Å². The average Bonchev–Trinajstić information content (AvgIpc) is 1.87. The van der Waals surface area contributed by atoms with Crippen LogP contribution in [-0.2, 0) is 4.79 Å². The maximum atomic E-state index is 10.9. The number of thioether (sulfide) groups is 1. The molecular formula is C6H13BOS. The fourth-order valence-corrected chi connectivity index (χ4v) is 1.38. The molecule has 0 amide bonds. The van der Waals surface area contributed by atoms with Crippen LogP contribution in [0.1, 0.15) is 13.3 Å². The molecule has 0 aliphatic carbocycles. The second-order valence-electron chi connectivity index (χ2n) is 2.18. The van der Waals surface area contributed by atoms with Crippen molar-refractivity contribution in [2.24, 2.45) is 0 Å². The Hall–Kier alpha value is 0.0849. The van der Waals surface area contributed by atoms with E-state index in [-0.39, 0.29) is 5.82 Å². The monoisotopic (exact) mass is 144 g/mol. The lowest BCUT2D eigenvalue weighted by molar-refractivity contribution is -0.118. The van der Waals surface area contributed by atoms with Gasteiger partial charge in [-0.2, -0.15) is 11.8 Å². The van der Waals surface area contributed by atoms with Crippen LogP contribution in [0.2, 0.25) is 5.82 Å². The summed E-state index contributed by atoms with van der Waals surface area (Å²) in [5.41, 5.74) is 0. The predicted octanol–water partition coefficient (Wildman–Crippen LogP) is 0.750. The van der Waals surface area contributed by atoms with E-state index in [0.29, 0.717) is 12.2 Å². The molecule has 3 heteroatoms. The standard InChI is InChI=1S/C6H13BOS/c1-3-6(8)5(7)4-9-2/h5H,3-4,7H2,1-2H3. The molecule has 0 saturated heterocycles. The third-order valence-electron chi connectivity index (χ3n) is 1.31. The van der Waals surface area contributed by atoms with Crippen LogP contribution in [0.3, 0.4) is 0 Å². The van der Waals surface area contributed by atoms with Gasteiger partial charge in [-0.15, -0.1) is 0 Å². The van der Waals surface area contributed by atoms with Crippen molar-refractivity contribution in [3.8, 4) is 0 Å². The van der Waals surface area contributed by atoms with Crippen molar-refractivity contribution >= 4 is 25.4 Å². The summed E-state index contributed by atoms with van der Waals surface area (Å²) >= 11 is 1.73. The van der Waals surface area contributed by atoms with E-state index in [2.05, 4.69) is 0 Å². The molecule has 0 aliphatic heterocycles. The number of rotatable bonds is 4. The van der Waals surface area contributed by atoms with Gasteiger partial charge in [-0.3, -0.25) is 0 Å². The molecule has 9 heavy (non-hydrogen) atoms. The average molecular weight is 144 g/mol. The smallest absolute Gasteiger partial charge is 0.128 e. The summed E-state index contributed by atoms with van der Waals surface area (Å²) in [6.07, 6.45) is 2.71. The molecule has 1 unspecified atom stereocenters. The van der Waals surface area contributed by atoms with Crippen molar-refractivity contribution in [1.29, 1.82) is 0 Å². The number of ketones is 1. The van der Waals surface area contributed by atoms with Crippen LogP contribution in [-0.4, -0.2) is 25.6 Å². The van der Waals surface area contributed by atoms with Gasteiger partial charge in [0, 0.05) is 6.42 Å². The Kier molecular flexibility index (Phi) is 4.96. The molecule has 0 spiro atoms. The minimum absolute atomic E-state index is 0.255. The van der Waals surface area contributed by atoms with E-state index in [1.807, 2.05) is 21.0 Å². The molecule has 0 fully saturated rings. The Bertz CT molecular complexity index is 95.1. The van der Waals surface area contributed by atoms with Crippen LogP contribution < -0.4 is 0 Å². The highest BCUT2D eigenvalue weighted by Crippen LogP contribution is 2.09. The molecule has 0 aromatic carbocycles. The largest absolute Gasteiger partial charge is 0.300 e. The van der Waals surface area contributed by atoms with Crippen molar-refractivity contribution in [3.63, 3.8) is 0 Å². The fourth-order valence-electron chi connectivity index (χ4n) is 0.691. The summed E-state index contributed by atoms with van der Waals surface area (Å²) in [4.78, 5) is 10.9. The van der Waals surface area contributed by atoms with Crippen LogP contribution in [0.5, 0.6) is 0 Å². The van der Waals surface area contributed by atoms with Gasteiger partial charge in [0.05, 0.1) is 0 Å². The van der Waals surface area contributed by atoms with Crippen LogP contribution >= 0.6 is 11.8 Å². The fraction of sp³-hybridized carbons (Fsp3) is 0.833. The van der Waals surface area contributed by atoms with Gasteiger partial charge in [0.1, 0.15) is 13.6 Å². The number of carbonyl (C=O) groups excluding carboxylic acids is 1. The van der Waals surface area contributed by atoms with Gasteiger partial charge in [0.25, 0.3) is 0 Å². The van der Waals surface area contributed by atoms with Gasteiger partial charge in [-0.25, -0.2) is 0 Å². The molecule has 0 heterocycles. The molecular weight excluding hydrogens is 131 g/mol. The predicted molar refractivity (Wildman–Crippen MR) is 46.0 cm³/mol. The zero-order chi connectivity index (χ0) is 7.28. The molecule has 1 nitrogen and oxygen atoms in total. The quantitative estimate of drug-likeness (QED) is 0.541. The third-order valence-corrected chi connectivity index (χ3v) is 2.15. The highest BCUT2D eigenvalue weighted by Gasteiger charge is 2.08. The van der Waals surface area contributed by atoms with E-state index in [9.17, 15) is 4.79 Å². The second kappa shape index (κ2) is 4.92. The van der Waals surface area contributed by atoms with E-state index in [1.54, 1.807) is 11.8 Å². The highest BCUT2D eigenvalue weighted by atomic mass is 32.2. The van der Waals surface area contributed by atoms with Crippen molar-refractivity contribution < 1.29 is 4.79 Å². The first kappa shape index (κ1) is 9.08. The number of hydrogen-bond acceptors (Lipinski definition) is 2. The van der Waals surface area contributed by atoms with E-state index < -0.39 is 0 Å².